The van der Waals surface area contributed by atoms with Gasteiger partial charge < -0.3 is 5.32 Å². The first kappa shape index (κ1) is 33.4. The van der Waals surface area contributed by atoms with Crippen molar-refractivity contribution in [3.8, 4) is 0 Å². The number of rotatable bonds is 6. The second-order valence-corrected chi connectivity index (χ2v) is 12.9. The molecule has 0 atom stereocenters. The Morgan fingerprint density at radius 2 is 0.841 bits per heavy atom. The molecule has 0 unspecified atom stereocenters. The van der Waals surface area contributed by atoms with Crippen molar-refractivity contribution in [2.75, 3.05) is 0 Å². The topological polar surface area (TPSA) is 20.1 Å². The Balaban J connectivity index is 0.000000244. The molecule has 0 N–H and O–H groups in total. The molecule has 4 heteroatoms. The summed E-state index contributed by atoms with van der Waals surface area (Å²) in [7, 11) is 0. The van der Waals surface area contributed by atoms with E-state index in [1.807, 2.05) is 12.1 Å². The van der Waals surface area contributed by atoms with Crippen LogP contribution in [0, 0.1) is 0 Å². The summed E-state index contributed by atoms with van der Waals surface area (Å²) in [6.07, 6.45) is 5.33. The quantitative estimate of drug-likeness (QED) is 0.121. The third-order valence-electron chi connectivity index (χ3n) is 8.35. The van der Waals surface area contributed by atoms with Gasteiger partial charge in [-0.1, -0.05) is 161 Å². The average molecular weight is 766 g/mol. The molecule has 230 valence electrons. The molecular weight excluding hydrogens is 719 g/mol. The van der Waals surface area contributed by atoms with Crippen LogP contribution in [0.5, 0.6) is 0 Å². The second-order valence-electron chi connectivity index (χ2n) is 12.9. The van der Waals surface area contributed by atoms with Crippen LogP contribution in [0.4, 0.5) is 22.7 Å². The molecule has 0 radical (unpaired) electrons. The summed E-state index contributed by atoms with van der Waals surface area (Å²) in [4.78, 5) is 0. The van der Waals surface area contributed by atoms with E-state index in [9.17, 15) is 0 Å². The normalized spacial score (nSPS) is 13.1. The zero-order valence-electron chi connectivity index (χ0n) is 27.4. The molecule has 0 saturated heterocycles. The number of fused-ring (bicyclic) bond motifs is 2. The number of hydrogen-bond acceptors (Lipinski definition) is 0. The summed E-state index contributed by atoms with van der Waals surface area (Å²) in [5.41, 5.74) is 12.9. The van der Waals surface area contributed by atoms with Gasteiger partial charge in [0, 0.05) is 22.3 Å². The van der Waals surface area contributed by atoms with Gasteiger partial charge in [0.2, 0.25) is 11.4 Å². The monoisotopic (exact) mass is 765 g/mol. The summed E-state index contributed by atoms with van der Waals surface area (Å²) < 4.78 is 4.40. The van der Waals surface area contributed by atoms with Crippen LogP contribution in [0.3, 0.4) is 0 Å². The SMILES string of the molecule is CC(C)c1cccc(C(C)C)c1[N+]1=C=[N+](c2c(C(C)C)cccc2C(C)C)C=C1.[Au+].c1ccc2c(c1)Cc1ccccc1[N-]2. The van der Waals surface area contributed by atoms with Crippen LogP contribution in [0.15, 0.2) is 97.3 Å². The molecule has 44 heavy (non-hydrogen) atoms. The van der Waals surface area contributed by atoms with Crippen molar-refractivity contribution in [1.82, 2.24) is 0 Å². The number of nitrogens with zero attached hydrogens (tertiary/aromatic N) is 3. The van der Waals surface area contributed by atoms with Crippen LogP contribution in [0.1, 0.15) is 112 Å². The summed E-state index contributed by atoms with van der Waals surface area (Å²) in [5, 5.41) is 4.61. The van der Waals surface area contributed by atoms with Crippen molar-refractivity contribution >= 4 is 28.8 Å². The second kappa shape index (κ2) is 14.5. The van der Waals surface area contributed by atoms with E-state index in [0.29, 0.717) is 23.7 Å². The van der Waals surface area contributed by atoms with Gasteiger partial charge in [0.25, 0.3) is 12.4 Å². The summed E-state index contributed by atoms with van der Waals surface area (Å²) in [6, 6.07) is 33.7. The zero-order valence-corrected chi connectivity index (χ0v) is 29.6. The van der Waals surface area contributed by atoms with Crippen LogP contribution in [-0.2, 0) is 28.8 Å². The van der Waals surface area contributed by atoms with Gasteiger partial charge in [0.1, 0.15) is 0 Å². The Labute approximate surface area is 280 Å². The van der Waals surface area contributed by atoms with Crippen molar-refractivity contribution < 1.29 is 31.5 Å². The Morgan fingerprint density at radius 3 is 1.18 bits per heavy atom. The Hall–Kier alpha value is -3.46. The molecule has 4 aromatic rings. The third-order valence-corrected chi connectivity index (χ3v) is 8.35. The minimum atomic E-state index is 0. The van der Waals surface area contributed by atoms with Gasteiger partial charge >= 0.3 is 28.4 Å². The van der Waals surface area contributed by atoms with E-state index in [1.54, 1.807) is 0 Å². The van der Waals surface area contributed by atoms with Crippen LogP contribution >= 0.6 is 0 Å². The molecular formula is C40H46AuN3+2. The van der Waals surface area contributed by atoms with E-state index in [0.717, 1.165) is 17.8 Å². The Morgan fingerprint density at radius 1 is 0.500 bits per heavy atom. The van der Waals surface area contributed by atoms with E-state index in [1.165, 1.54) is 44.8 Å². The first-order valence-electron chi connectivity index (χ1n) is 15.8. The van der Waals surface area contributed by atoms with Crippen LogP contribution in [-0.4, -0.2) is 15.2 Å². The van der Waals surface area contributed by atoms with Crippen molar-refractivity contribution in [2.45, 2.75) is 85.5 Å². The summed E-state index contributed by atoms with van der Waals surface area (Å²) in [6.45, 7) is 18.2. The zero-order chi connectivity index (χ0) is 30.7. The Kier molecular flexibility index (Phi) is 11.1. The largest absolute Gasteiger partial charge is 1.00 e. The van der Waals surface area contributed by atoms with Gasteiger partial charge in [-0.05, 0) is 30.1 Å². The van der Waals surface area contributed by atoms with Gasteiger partial charge in [-0.15, -0.1) is 11.4 Å². The fourth-order valence-corrected chi connectivity index (χ4v) is 6.02. The molecule has 4 aromatic carbocycles. The molecule has 0 amide bonds. The van der Waals surface area contributed by atoms with Gasteiger partial charge in [0.05, 0.1) is 0 Å². The molecule has 0 aliphatic carbocycles. The molecule has 0 saturated carbocycles. The van der Waals surface area contributed by atoms with Crippen LogP contribution < -0.4 is 0 Å². The predicted octanol–water partition coefficient (Wildman–Crippen LogP) is 11.8. The van der Waals surface area contributed by atoms with E-state index in [-0.39, 0.29) is 22.4 Å². The minimum absolute atomic E-state index is 0. The first-order valence-corrected chi connectivity index (χ1v) is 15.8. The number of para-hydroxylation sites is 4. The molecule has 2 aliphatic rings. The van der Waals surface area contributed by atoms with E-state index >= 15 is 0 Å². The van der Waals surface area contributed by atoms with Crippen molar-refractivity contribution in [3.05, 3.63) is 136 Å². The molecule has 2 heterocycles. The molecule has 6 rings (SSSR count). The van der Waals surface area contributed by atoms with Gasteiger partial charge in [-0.25, -0.2) is 0 Å². The predicted molar refractivity (Wildman–Crippen MR) is 182 cm³/mol. The number of hydrogen-bond donors (Lipinski definition) is 0. The van der Waals surface area contributed by atoms with Gasteiger partial charge in [0.15, 0.2) is 0 Å². The fourth-order valence-electron chi connectivity index (χ4n) is 6.02. The number of benzene rings is 4. The Bertz CT molecular complexity index is 1500. The molecule has 0 spiro atoms. The standard InChI is InChI=1S/C27H36N2.C13H10N.Au/c1-18(2)22-11-9-12-23(19(3)4)26(22)28-15-16-29(17-28)27-24(20(5)6)13-10-14-25(27)21(7)8;1-3-7-12-10(5-1)9-11-6-2-4-8-13(11)14-12;/h9-16,18-21H,1-8H3;1-8H,9H2;/q+2;-1;+1. The van der Waals surface area contributed by atoms with Gasteiger partial charge in [-0.3, -0.25) is 0 Å². The third kappa shape index (κ3) is 7.09. The molecule has 3 nitrogen and oxygen atoms in total. The van der Waals surface area contributed by atoms with E-state index in [4.69, 9.17) is 0 Å². The maximum atomic E-state index is 4.61. The molecule has 2 aliphatic heterocycles. The van der Waals surface area contributed by atoms with Gasteiger partial charge in [-0.2, -0.15) is 0 Å². The fraction of sp³-hybridized carbons (Fsp3) is 0.325. The summed E-state index contributed by atoms with van der Waals surface area (Å²) in [5.74, 6) is 1.84. The molecule has 0 aromatic heterocycles. The van der Waals surface area contributed by atoms with Crippen molar-refractivity contribution in [2.24, 2.45) is 0 Å². The first-order chi connectivity index (χ1) is 20.7. The van der Waals surface area contributed by atoms with Crippen molar-refractivity contribution in [1.29, 1.82) is 0 Å². The van der Waals surface area contributed by atoms with Crippen LogP contribution in [0.2, 0.25) is 0 Å². The van der Waals surface area contributed by atoms with E-state index < -0.39 is 0 Å². The smallest absolute Gasteiger partial charge is 0.657 e. The van der Waals surface area contributed by atoms with Crippen LogP contribution in [0.25, 0.3) is 5.32 Å². The average Bonchev–Trinajstić information content (AvgIpc) is 3.49. The maximum absolute atomic E-state index is 4.61. The van der Waals surface area contributed by atoms with E-state index in [2.05, 4.69) is 161 Å². The maximum Gasteiger partial charge on any atom is 1.00 e. The summed E-state index contributed by atoms with van der Waals surface area (Å²) >= 11 is 0. The molecule has 0 fully saturated rings. The van der Waals surface area contributed by atoms with Crippen molar-refractivity contribution in [3.63, 3.8) is 0 Å². The minimum Gasteiger partial charge on any atom is -0.657 e. The molecule has 0 bridgehead atoms.